The number of rotatable bonds is 5. The summed E-state index contributed by atoms with van der Waals surface area (Å²) >= 11 is 0. The van der Waals surface area contributed by atoms with E-state index in [-0.39, 0.29) is 20.9 Å². The first-order valence-electron chi connectivity index (χ1n) is 8.32. The van der Waals surface area contributed by atoms with Crippen molar-refractivity contribution in [1.82, 2.24) is 0 Å². The van der Waals surface area contributed by atoms with Crippen LogP contribution in [0.5, 0.6) is 0 Å². The van der Waals surface area contributed by atoms with Crippen LogP contribution in [0.15, 0.2) is 88.7 Å². The number of benzene rings is 3. The van der Waals surface area contributed by atoms with Gasteiger partial charge in [-0.1, -0.05) is 30.3 Å². The molecule has 0 atom stereocenters. The molecule has 0 aromatic heterocycles. The summed E-state index contributed by atoms with van der Waals surface area (Å²) < 4.78 is 29.9. The molecule has 0 aliphatic carbocycles. The Labute approximate surface area is 162 Å². The summed E-state index contributed by atoms with van der Waals surface area (Å²) in [5.74, 6) is -1.04. The van der Waals surface area contributed by atoms with Crippen LogP contribution in [0, 0.1) is 0 Å². The van der Waals surface area contributed by atoms with E-state index in [1.54, 1.807) is 36.4 Å². The van der Waals surface area contributed by atoms with Gasteiger partial charge in [0.2, 0.25) is 9.84 Å². The average Bonchev–Trinajstić information content (AvgIpc) is 2.74. The highest BCUT2D eigenvalue weighted by atomic mass is 32.2. The van der Waals surface area contributed by atoms with Crippen LogP contribution < -0.4 is 5.32 Å². The molecule has 0 unspecified atom stereocenters. The number of para-hydroxylation sites is 1. The highest BCUT2D eigenvalue weighted by Crippen LogP contribution is 2.22. The van der Waals surface area contributed by atoms with Crippen molar-refractivity contribution in [3.63, 3.8) is 0 Å². The van der Waals surface area contributed by atoms with Crippen molar-refractivity contribution in [3.05, 3.63) is 90.0 Å². The lowest BCUT2D eigenvalue weighted by molar-refractivity contribution is 0.0602. The van der Waals surface area contributed by atoms with Gasteiger partial charge in [0.25, 0.3) is 5.91 Å². The number of ether oxygens (including phenoxy) is 1. The van der Waals surface area contributed by atoms with Gasteiger partial charge in [-0.05, 0) is 48.5 Å². The number of nitrogens with one attached hydrogen (secondary N) is 1. The fraction of sp³-hybridized carbons (Fsp3) is 0.0476. The van der Waals surface area contributed by atoms with Crippen LogP contribution in [0.2, 0.25) is 0 Å². The summed E-state index contributed by atoms with van der Waals surface area (Å²) in [5.41, 5.74) is 0.786. The van der Waals surface area contributed by atoms with Gasteiger partial charge in [0, 0.05) is 5.56 Å². The van der Waals surface area contributed by atoms with Crippen molar-refractivity contribution < 1.29 is 22.7 Å². The summed E-state index contributed by atoms with van der Waals surface area (Å²) in [6.07, 6.45) is 0. The normalized spacial score (nSPS) is 10.9. The van der Waals surface area contributed by atoms with Gasteiger partial charge >= 0.3 is 5.97 Å². The maximum atomic E-state index is 12.6. The third kappa shape index (κ3) is 3.94. The van der Waals surface area contributed by atoms with Gasteiger partial charge in [-0.25, -0.2) is 13.2 Å². The van der Waals surface area contributed by atoms with Gasteiger partial charge < -0.3 is 10.1 Å². The van der Waals surface area contributed by atoms with Crippen molar-refractivity contribution >= 4 is 27.4 Å². The fourth-order valence-electron chi connectivity index (χ4n) is 2.60. The van der Waals surface area contributed by atoms with Crippen LogP contribution in [-0.4, -0.2) is 27.4 Å². The quantitative estimate of drug-likeness (QED) is 0.667. The molecule has 0 fully saturated rings. The second-order valence-electron chi connectivity index (χ2n) is 5.83. The molecule has 3 aromatic carbocycles. The molecule has 0 saturated carbocycles. The van der Waals surface area contributed by atoms with Crippen LogP contribution in [0.4, 0.5) is 5.69 Å². The number of hydrogen-bond acceptors (Lipinski definition) is 5. The van der Waals surface area contributed by atoms with E-state index >= 15 is 0 Å². The van der Waals surface area contributed by atoms with Crippen LogP contribution in [0.1, 0.15) is 20.7 Å². The Morgan fingerprint density at radius 3 is 2.00 bits per heavy atom. The standard InChI is InChI=1S/C21H17NO5S/c1-27-21(24)18-9-5-6-10-19(18)22-20(23)15-11-13-17(14-12-15)28(25,26)16-7-3-2-4-8-16/h2-14H,1H3,(H,22,23). The Balaban J connectivity index is 1.83. The minimum absolute atomic E-state index is 0.0882. The Bertz CT molecular complexity index is 1110. The van der Waals surface area contributed by atoms with E-state index in [0.29, 0.717) is 5.69 Å². The van der Waals surface area contributed by atoms with Crippen molar-refractivity contribution in [2.75, 3.05) is 12.4 Å². The monoisotopic (exact) mass is 395 g/mol. The van der Waals surface area contributed by atoms with Gasteiger partial charge in [0.05, 0.1) is 28.2 Å². The Morgan fingerprint density at radius 2 is 1.36 bits per heavy atom. The smallest absolute Gasteiger partial charge is 0.339 e. The molecule has 6 nitrogen and oxygen atoms in total. The number of carbonyl (C=O) groups excluding carboxylic acids is 2. The molecule has 0 bridgehead atoms. The minimum atomic E-state index is -3.65. The molecule has 1 amide bonds. The molecule has 0 saturated heterocycles. The molecule has 28 heavy (non-hydrogen) atoms. The maximum Gasteiger partial charge on any atom is 0.339 e. The van der Waals surface area contributed by atoms with E-state index in [1.165, 1.54) is 49.6 Å². The highest BCUT2D eigenvalue weighted by molar-refractivity contribution is 7.91. The van der Waals surface area contributed by atoms with Crippen LogP contribution in [0.25, 0.3) is 0 Å². The summed E-state index contributed by atoms with van der Waals surface area (Å²) in [6.45, 7) is 0. The summed E-state index contributed by atoms with van der Waals surface area (Å²) in [4.78, 5) is 24.6. The third-order valence-electron chi connectivity index (χ3n) is 4.06. The largest absolute Gasteiger partial charge is 0.465 e. The topological polar surface area (TPSA) is 89.5 Å². The number of sulfone groups is 1. The first kappa shape index (κ1) is 19.3. The minimum Gasteiger partial charge on any atom is -0.465 e. The number of esters is 1. The number of carbonyl (C=O) groups is 2. The zero-order valence-electron chi connectivity index (χ0n) is 15.0. The van der Waals surface area contributed by atoms with E-state index in [4.69, 9.17) is 4.74 Å². The molecule has 3 aromatic rings. The zero-order chi connectivity index (χ0) is 20.1. The summed E-state index contributed by atoms with van der Waals surface area (Å²) in [6, 6.07) is 20.1. The number of anilines is 1. The summed E-state index contributed by atoms with van der Waals surface area (Å²) in [7, 11) is -2.40. The lowest BCUT2D eigenvalue weighted by Gasteiger charge is -2.10. The van der Waals surface area contributed by atoms with Gasteiger partial charge in [-0.2, -0.15) is 0 Å². The Morgan fingerprint density at radius 1 is 0.786 bits per heavy atom. The SMILES string of the molecule is COC(=O)c1ccccc1NC(=O)c1ccc(S(=O)(=O)c2ccccc2)cc1. The van der Waals surface area contributed by atoms with Gasteiger partial charge in [-0.15, -0.1) is 0 Å². The molecule has 0 aliphatic rings. The molecule has 0 radical (unpaired) electrons. The summed E-state index contributed by atoms with van der Waals surface area (Å²) in [5, 5.41) is 2.64. The van der Waals surface area contributed by atoms with E-state index in [2.05, 4.69) is 5.32 Å². The molecule has 3 rings (SSSR count). The maximum absolute atomic E-state index is 12.6. The van der Waals surface area contributed by atoms with Crippen LogP contribution >= 0.6 is 0 Å². The van der Waals surface area contributed by atoms with E-state index in [1.807, 2.05) is 0 Å². The molecule has 1 N–H and O–H groups in total. The number of methoxy groups -OCH3 is 1. The first-order valence-corrected chi connectivity index (χ1v) is 9.80. The number of amides is 1. The third-order valence-corrected chi connectivity index (χ3v) is 5.85. The Hall–Kier alpha value is -3.45. The van der Waals surface area contributed by atoms with Crippen molar-refractivity contribution in [1.29, 1.82) is 0 Å². The molecule has 142 valence electrons. The van der Waals surface area contributed by atoms with Crippen LogP contribution in [0.3, 0.4) is 0 Å². The molecule has 7 heteroatoms. The van der Waals surface area contributed by atoms with Crippen molar-refractivity contribution in [3.8, 4) is 0 Å². The van der Waals surface area contributed by atoms with E-state index < -0.39 is 21.7 Å². The fourth-order valence-corrected chi connectivity index (χ4v) is 3.88. The van der Waals surface area contributed by atoms with Gasteiger partial charge in [-0.3, -0.25) is 4.79 Å². The van der Waals surface area contributed by atoms with E-state index in [0.717, 1.165) is 0 Å². The van der Waals surface area contributed by atoms with Gasteiger partial charge in [0.15, 0.2) is 0 Å². The number of hydrogen-bond donors (Lipinski definition) is 1. The zero-order valence-corrected chi connectivity index (χ0v) is 15.8. The van der Waals surface area contributed by atoms with Crippen molar-refractivity contribution in [2.24, 2.45) is 0 Å². The van der Waals surface area contributed by atoms with Gasteiger partial charge in [0.1, 0.15) is 0 Å². The van der Waals surface area contributed by atoms with Crippen LogP contribution in [-0.2, 0) is 14.6 Å². The molecule has 0 heterocycles. The lowest BCUT2D eigenvalue weighted by Crippen LogP contribution is -2.15. The average molecular weight is 395 g/mol. The first-order chi connectivity index (χ1) is 13.4. The van der Waals surface area contributed by atoms with Crippen molar-refractivity contribution in [2.45, 2.75) is 9.79 Å². The molecule has 0 aliphatic heterocycles. The van der Waals surface area contributed by atoms with E-state index in [9.17, 15) is 18.0 Å². The second kappa shape index (κ2) is 8.06. The lowest BCUT2D eigenvalue weighted by atomic mass is 10.1. The predicted molar refractivity (Wildman–Crippen MR) is 104 cm³/mol. The predicted octanol–water partition coefficient (Wildman–Crippen LogP) is 3.56. The highest BCUT2D eigenvalue weighted by Gasteiger charge is 2.18. The second-order valence-corrected chi connectivity index (χ2v) is 7.78. The molecule has 0 spiro atoms. The molecular weight excluding hydrogens is 378 g/mol. The molecular formula is C21H17NO5S. The Kier molecular flexibility index (Phi) is 5.56.